The molecule has 3 rings (SSSR count). The summed E-state index contributed by atoms with van der Waals surface area (Å²) < 4.78 is 44.6. The molecule has 1 heterocycles. The molecule has 0 atom stereocenters. The van der Waals surface area contributed by atoms with Crippen molar-refractivity contribution in [2.24, 2.45) is 0 Å². The number of rotatable bonds is 6. The number of nitrogens with one attached hydrogen (secondary N) is 1. The second-order valence-corrected chi connectivity index (χ2v) is 6.77. The van der Waals surface area contributed by atoms with E-state index in [-0.39, 0.29) is 12.1 Å². The molecule has 0 aliphatic carbocycles. The number of hydrogen-bond acceptors (Lipinski definition) is 4. The summed E-state index contributed by atoms with van der Waals surface area (Å²) in [4.78, 5) is 16.1. The normalized spacial score (nSPS) is 11.2. The SMILES string of the molecule is Nc1cc(Oc2cccc(CCNC(=O)c3ccc(Cl)c(C(F)(F)F)c3)c2)ccn1. The van der Waals surface area contributed by atoms with E-state index in [1.54, 1.807) is 30.3 Å². The molecule has 0 radical (unpaired) electrons. The number of alkyl halides is 3. The van der Waals surface area contributed by atoms with Crippen LogP contribution in [0.25, 0.3) is 0 Å². The number of aromatic nitrogens is 1. The number of anilines is 1. The van der Waals surface area contributed by atoms with Crippen LogP contribution in [-0.4, -0.2) is 17.4 Å². The summed E-state index contributed by atoms with van der Waals surface area (Å²) in [6.07, 6.45) is -2.64. The predicted octanol–water partition coefficient (Wildman–Crippen LogP) is 5.10. The van der Waals surface area contributed by atoms with Gasteiger partial charge in [0, 0.05) is 24.4 Å². The zero-order valence-electron chi connectivity index (χ0n) is 15.5. The standard InChI is InChI=1S/C21H17ClF3N3O2/c22-18-5-4-14(11-17(18)21(23,24)25)20(29)28-8-6-13-2-1-3-15(10-13)30-16-7-9-27-19(26)12-16/h1-5,7,9-12H,6,8H2,(H2,26,27)(H,28,29). The molecule has 2 aromatic carbocycles. The molecule has 0 spiro atoms. The molecule has 5 nitrogen and oxygen atoms in total. The fourth-order valence-electron chi connectivity index (χ4n) is 2.70. The second-order valence-electron chi connectivity index (χ2n) is 6.36. The smallest absolute Gasteiger partial charge is 0.417 e. The van der Waals surface area contributed by atoms with E-state index in [1.165, 1.54) is 12.3 Å². The van der Waals surface area contributed by atoms with E-state index in [1.807, 2.05) is 6.07 Å². The van der Waals surface area contributed by atoms with E-state index in [0.717, 1.165) is 17.7 Å². The van der Waals surface area contributed by atoms with Crippen molar-refractivity contribution in [1.82, 2.24) is 10.3 Å². The number of nitrogens with zero attached hydrogens (tertiary/aromatic N) is 1. The van der Waals surface area contributed by atoms with Gasteiger partial charge in [-0.15, -0.1) is 0 Å². The number of nitrogens with two attached hydrogens (primary N) is 1. The number of pyridine rings is 1. The first-order chi connectivity index (χ1) is 14.2. The van der Waals surface area contributed by atoms with E-state index in [2.05, 4.69) is 10.3 Å². The maximum absolute atomic E-state index is 12.9. The molecule has 0 saturated heterocycles. The van der Waals surface area contributed by atoms with E-state index >= 15 is 0 Å². The number of nitrogen functional groups attached to an aromatic ring is 1. The highest BCUT2D eigenvalue weighted by molar-refractivity contribution is 6.31. The number of hydrogen-bond donors (Lipinski definition) is 2. The molecule has 0 saturated carbocycles. The molecule has 1 aromatic heterocycles. The van der Waals surface area contributed by atoms with Crippen molar-refractivity contribution in [1.29, 1.82) is 0 Å². The quantitative estimate of drug-likeness (QED) is 0.564. The van der Waals surface area contributed by atoms with Crippen LogP contribution >= 0.6 is 11.6 Å². The fraction of sp³-hybridized carbons (Fsp3) is 0.143. The molecular formula is C21H17ClF3N3O2. The Bertz CT molecular complexity index is 1060. The van der Waals surface area contributed by atoms with E-state index in [0.29, 0.717) is 23.7 Å². The lowest BCUT2D eigenvalue weighted by Crippen LogP contribution is -2.26. The Morgan fingerprint density at radius 3 is 2.60 bits per heavy atom. The number of benzene rings is 2. The van der Waals surface area contributed by atoms with Crippen LogP contribution in [0.4, 0.5) is 19.0 Å². The molecule has 0 aliphatic heterocycles. The summed E-state index contributed by atoms with van der Waals surface area (Å²) in [5.74, 6) is 0.840. The largest absolute Gasteiger partial charge is 0.457 e. The number of halogens is 4. The van der Waals surface area contributed by atoms with Crippen molar-refractivity contribution in [2.75, 3.05) is 12.3 Å². The Morgan fingerprint density at radius 1 is 1.10 bits per heavy atom. The number of ether oxygens (including phenoxy) is 1. The molecular weight excluding hydrogens is 419 g/mol. The van der Waals surface area contributed by atoms with Crippen molar-refractivity contribution >= 4 is 23.3 Å². The Balaban J connectivity index is 1.59. The van der Waals surface area contributed by atoms with Gasteiger partial charge in [-0.2, -0.15) is 13.2 Å². The third-order valence-corrected chi connectivity index (χ3v) is 4.45. The maximum atomic E-state index is 12.9. The molecule has 9 heteroatoms. The van der Waals surface area contributed by atoms with Crippen molar-refractivity contribution in [2.45, 2.75) is 12.6 Å². The highest BCUT2D eigenvalue weighted by atomic mass is 35.5. The maximum Gasteiger partial charge on any atom is 0.417 e. The van der Waals surface area contributed by atoms with Gasteiger partial charge in [-0.3, -0.25) is 4.79 Å². The first-order valence-corrected chi connectivity index (χ1v) is 9.23. The van der Waals surface area contributed by atoms with Crippen molar-refractivity contribution in [3.05, 3.63) is 82.5 Å². The monoisotopic (exact) mass is 435 g/mol. The average Bonchev–Trinajstić information content (AvgIpc) is 2.67. The molecule has 156 valence electrons. The highest BCUT2D eigenvalue weighted by Crippen LogP contribution is 2.35. The van der Waals surface area contributed by atoms with E-state index < -0.39 is 22.7 Å². The third-order valence-electron chi connectivity index (χ3n) is 4.12. The van der Waals surface area contributed by atoms with Crippen LogP contribution < -0.4 is 15.8 Å². The number of carbonyl (C=O) groups excluding carboxylic acids is 1. The Hall–Kier alpha value is -3.26. The van der Waals surface area contributed by atoms with Gasteiger partial charge in [0.2, 0.25) is 0 Å². The summed E-state index contributed by atoms with van der Waals surface area (Å²) in [5.41, 5.74) is 5.35. The fourth-order valence-corrected chi connectivity index (χ4v) is 2.92. The van der Waals surface area contributed by atoms with Gasteiger partial charge >= 0.3 is 6.18 Å². The van der Waals surface area contributed by atoms with Gasteiger partial charge in [0.25, 0.3) is 5.91 Å². The topological polar surface area (TPSA) is 77.2 Å². The lowest BCUT2D eigenvalue weighted by atomic mass is 10.1. The lowest BCUT2D eigenvalue weighted by Gasteiger charge is -2.11. The molecule has 0 fully saturated rings. The van der Waals surface area contributed by atoms with Crippen LogP contribution in [0.15, 0.2) is 60.8 Å². The average molecular weight is 436 g/mol. The van der Waals surface area contributed by atoms with Gasteiger partial charge < -0.3 is 15.8 Å². The zero-order chi connectivity index (χ0) is 21.7. The summed E-state index contributed by atoms with van der Waals surface area (Å²) in [6, 6.07) is 13.5. The van der Waals surface area contributed by atoms with Crippen LogP contribution in [-0.2, 0) is 12.6 Å². The van der Waals surface area contributed by atoms with Crippen molar-refractivity contribution < 1.29 is 22.7 Å². The van der Waals surface area contributed by atoms with Gasteiger partial charge in [-0.1, -0.05) is 23.7 Å². The molecule has 3 aromatic rings. The lowest BCUT2D eigenvalue weighted by molar-refractivity contribution is -0.137. The molecule has 1 amide bonds. The van der Waals surface area contributed by atoms with Crippen LogP contribution in [0.1, 0.15) is 21.5 Å². The minimum Gasteiger partial charge on any atom is -0.457 e. The van der Waals surface area contributed by atoms with Crippen LogP contribution in [0, 0.1) is 0 Å². The molecule has 0 bridgehead atoms. The van der Waals surface area contributed by atoms with E-state index in [9.17, 15) is 18.0 Å². The molecule has 3 N–H and O–H groups in total. The Labute approximate surface area is 175 Å². The summed E-state index contributed by atoms with van der Waals surface area (Å²) in [6.45, 7) is 0.231. The number of carbonyl (C=O) groups is 1. The van der Waals surface area contributed by atoms with Crippen LogP contribution in [0.3, 0.4) is 0 Å². The van der Waals surface area contributed by atoms with Crippen molar-refractivity contribution in [3.8, 4) is 11.5 Å². The Kier molecular flexibility index (Phi) is 6.47. The molecule has 30 heavy (non-hydrogen) atoms. The first-order valence-electron chi connectivity index (χ1n) is 8.85. The van der Waals surface area contributed by atoms with Crippen molar-refractivity contribution in [3.63, 3.8) is 0 Å². The van der Waals surface area contributed by atoms with E-state index in [4.69, 9.17) is 22.1 Å². The van der Waals surface area contributed by atoms with Gasteiger partial charge in [0.15, 0.2) is 0 Å². The summed E-state index contributed by atoms with van der Waals surface area (Å²) in [7, 11) is 0. The minimum atomic E-state index is -4.63. The zero-order valence-corrected chi connectivity index (χ0v) is 16.3. The van der Waals surface area contributed by atoms with Gasteiger partial charge in [-0.05, 0) is 48.4 Å². The van der Waals surface area contributed by atoms with Gasteiger partial charge in [0.1, 0.15) is 17.3 Å². The van der Waals surface area contributed by atoms with Crippen LogP contribution in [0.5, 0.6) is 11.5 Å². The van der Waals surface area contributed by atoms with Gasteiger partial charge in [0.05, 0.1) is 10.6 Å². The Morgan fingerprint density at radius 2 is 1.87 bits per heavy atom. The summed E-state index contributed by atoms with van der Waals surface area (Å²) in [5, 5.41) is 2.16. The summed E-state index contributed by atoms with van der Waals surface area (Å²) >= 11 is 5.58. The highest BCUT2D eigenvalue weighted by Gasteiger charge is 2.33. The van der Waals surface area contributed by atoms with Crippen LogP contribution in [0.2, 0.25) is 5.02 Å². The second kappa shape index (κ2) is 9.04. The predicted molar refractivity (Wildman–Crippen MR) is 108 cm³/mol. The minimum absolute atomic E-state index is 0.112. The first kappa shape index (κ1) is 21.4. The molecule has 0 aliphatic rings. The number of amides is 1. The van der Waals surface area contributed by atoms with Gasteiger partial charge in [-0.25, -0.2) is 4.98 Å². The molecule has 0 unspecified atom stereocenters. The third kappa shape index (κ3) is 5.64.